The van der Waals surface area contributed by atoms with E-state index in [1.807, 2.05) is 0 Å². The molecule has 0 rings (SSSR count). The summed E-state index contributed by atoms with van der Waals surface area (Å²) in [6, 6.07) is 0. The second kappa shape index (κ2) is 10.0. The fraction of sp³-hybridized carbons (Fsp3) is 0.800. The molecule has 0 fully saturated rings. The minimum Gasteiger partial charge on any atom is -0.462 e. The van der Waals surface area contributed by atoms with Crippen molar-refractivity contribution >= 4 is 17.7 Å². The van der Waals surface area contributed by atoms with Crippen LogP contribution >= 0.6 is 0 Å². The first kappa shape index (κ1) is 20.2. The lowest BCUT2D eigenvalue weighted by Crippen LogP contribution is -2.49. The van der Waals surface area contributed by atoms with E-state index in [9.17, 15) is 14.4 Å². The first-order valence-electron chi connectivity index (χ1n) is 7.50. The minimum absolute atomic E-state index is 0.247. The summed E-state index contributed by atoms with van der Waals surface area (Å²) in [7, 11) is 0. The Hall–Kier alpha value is -1.79. The summed E-state index contributed by atoms with van der Waals surface area (Å²) < 4.78 is 9.89. The third-order valence-electron chi connectivity index (χ3n) is 3.43. The third-order valence-corrected chi connectivity index (χ3v) is 3.43. The summed E-state index contributed by atoms with van der Waals surface area (Å²) in [5.74, 6) is -1.47. The lowest BCUT2D eigenvalue weighted by Gasteiger charge is -2.30. The summed E-state index contributed by atoms with van der Waals surface area (Å²) >= 11 is 0. The molecule has 0 bridgehead atoms. The van der Waals surface area contributed by atoms with Crippen molar-refractivity contribution in [3.63, 3.8) is 0 Å². The fourth-order valence-corrected chi connectivity index (χ4v) is 1.98. The third kappa shape index (κ3) is 6.78. The maximum atomic E-state index is 12.4. The number of nitrogens with zero attached hydrogens (tertiary/aromatic N) is 1. The largest absolute Gasteiger partial charge is 0.462 e. The highest BCUT2D eigenvalue weighted by Crippen LogP contribution is 2.24. The molecule has 0 spiro atoms. The number of ether oxygens (including phenoxy) is 2. The van der Waals surface area contributed by atoms with E-state index in [1.54, 1.807) is 0 Å². The molecular formula is C15H26N2O5. The van der Waals surface area contributed by atoms with Crippen LogP contribution in [0.2, 0.25) is 0 Å². The van der Waals surface area contributed by atoms with Gasteiger partial charge in [0.25, 0.3) is 0 Å². The molecule has 0 aromatic rings. The van der Waals surface area contributed by atoms with Crippen LogP contribution in [0.25, 0.3) is 0 Å². The monoisotopic (exact) mass is 314 g/mol. The van der Waals surface area contributed by atoms with Crippen LogP contribution in [0.5, 0.6) is 0 Å². The molecule has 0 amide bonds. The molecule has 2 unspecified atom stereocenters. The van der Waals surface area contributed by atoms with Gasteiger partial charge >= 0.3 is 11.9 Å². The number of esters is 2. The van der Waals surface area contributed by atoms with E-state index in [-0.39, 0.29) is 18.8 Å². The minimum atomic E-state index is -1.53. The SMILES string of the molecule is CCCCCCC(=O)C(C)(N=N)C(COC(C)=O)OC(C)=O. The van der Waals surface area contributed by atoms with Crippen molar-refractivity contribution in [2.24, 2.45) is 5.11 Å². The van der Waals surface area contributed by atoms with Gasteiger partial charge in [-0.05, 0) is 13.3 Å². The molecule has 7 nitrogen and oxygen atoms in total. The van der Waals surface area contributed by atoms with Gasteiger partial charge in [-0.15, -0.1) is 0 Å². The zero-order valence-electron chi connectivity index (χ0n) is 13.8. The van der Waals surface area contributed by atoms with Gasteiger partial charge in [-0.3, -0.25) is 14.4 Å². The van der Waals surface area contributed by atoms with Gasteiger partial charge in [0.05, 0.1) is 0 Å². The van der Waals surface area contributed by atoms with E-state index in [2.05, 4.69) is 12.0 Å². The number of rotatable bonds is 11. The van der Waals surface area contributed by atoms with Gasteiger partial charge < -0.3 is 9.47 Å². The Morgan fingerprint density at radius 1 is 1.14 bits per heavy atom. The van der Waals surface area contributed by atoms with Crippen LogP contribution in [-0.4, -0.2) is 36.0 Å². The average Bonchev–Trinajstić information content (AvgIpc) is 2.46. The van der Waals surface area contributed by atoms with Crippen molar-refractivity contribution in [2.45, 2.75) is 71.4 Å². The highest BCUT2D eigenvalue weighted by atomic mass is 16.6. The maximum Gasteiger partial charge on any atom is 0.303 e. The number of nitrogens with one attached hydrogen (secondary N) is 1. The Morgan fingerprint density at radius 3 is 2.23 bits per heavy atom. The van der Waals surface area contributed by atoms with E-state index in [1.165, 1.54) is 20.8 Å². The normalized spacial score (nSPS) is 14.5. The van der Waals surface area contributed by atoms with Crippen LogP contribution < -0.4 is 0 Å². The Kier molecular flexibility index (Phi) is 9.21. The fourth-order valence-electron chi connectivity index (χ4n) is 1.98. The van der Waals surface area contributed by atoms with Gasteiger partial charge in [0.2, 0.25) is 0 Å². The standard InChI is InChI=1S/C15H26N2O5/c1-5-6-7-8-9-13(20)15(4,17-16)14(22-12(3)19)10-21-11(2)18/h14,16H,5-10H2,1-4H3. The smallest absolute Gasteiger partial charge is 0.303 e. The summed E-state index contributed by atoms with van der Waals surface area (Å²) in [6.45, 7) is 5.61. The molecule has 0 aliphatic rings. The number of carbonyl (C=O) groups excluding carboxylic acids is 3. The lowest BCUT2D eigenvalue weighted by molar-refractivity contribution is -0.162. The van der Waals surface area contributed by atoms with Crippen molar-refractivity contribution in [2.75, 3.05) is 6.61 Å². The van der Waals surface area contributed by atoms with Crippen LogP contribution in [0.3, 0.4) is 0 Å². The van der Waals surface area contributed by atoms with Crippen LogP contribution in [0.4, 0.5) is 0 Å². The summed E-state index contributed by atoms with van der Waals surface area (Å²) in [4.78, 5) is 34.5. The summed E-state index contributed by atoms with van der Waals surface area (Å²) in [6.07, 6.45) is 2.84. The van der Waals surface area contributed by atoms with Crippen LogP contribution in [0.1, 0.15) is 59.8 Å². The summed E-state index contributed by atoms with van der Waals surface area (Å²) in [5.41, 5.74) is 5.80. The number of ketones is 1. The van der Waals surface area contributed by atoms with Gasteiger partial charge in [-0.25, -0.2) is 5.53 Å². The molecule has 7 heteroatoms. The van der Waals surface area contributed by atoms with Crippen LogP contribution in [0.15, 0.2) is 5.11 Å². The molecule has 0 aromatic carbocycles. The maximum absolute atomic E-state index is 12.4. The zero-order chi connectivity index (χ0) is 17.2. The van der Waals surface area contributed by atoms with E-state index in [4.69, 9.17) is 15.0 Å². The molecule has 0 saturated carbocycles. The molecule has 0 saturated heterocycles. The van der Waals surface area contributed by atoms with Gasteiger partial charge in [-0.2, -0.15) is 5.11 Å². The van der Waals surface area contributed by atoms with Gasteiger partial charge in [0.1, 0.15) is 6.61 Å². The lowest BCUT2D eigenvalue weighted by atomic mass is 9.87. The van der Waals surface area contributed by atoms with Crippen molar-refractivity contribution < 1.29 is 23.9 Å². The van der Waals surface area contributed by atoms with Crippen molar-refractivity contribution in [3.05, 3.63) is 0 Å². The van der Waals surface area contributed by atoms with Crippen molar-refractivity contribution in [1.82, 2.24) is 0 Å². The predicted molar refractivity (Wildman–Crippen MR) is 79.5 cm³/mol. The Morgan fingerprint density at radius 2 is 1.77 bits per heavy atom. The molecule has 0 aliphatic carbocycles. The number of Topliss-reactive ketones (excluding diaryl/α,β-unsaturated/α-hetero) is 1. The van der Waals surface area contributed by atoms with Crippen molar-refractivity contribution in [1.29, 1.82) is 5.53 Å². The average molecular weight is 314 g/mol. The Labute approximate surface area is 131 Å². The molecule has 0 radical (unpaired) electrons. The number of unbranched alkanes of at least 4 members (excludes halogenated alkanes) is 3. The highest BCUT2D eigenvalue weighted by molar-refractivity contribution is 5.89. The summed E-state index contributed by atoms with van der Waals surface area (Å²) in [5, 5.41) is 3.38. The topological polar surface area (TPSA) is 106 Å². The molecule has 0 heterocycles. The number of hydrogen-bond donors (Lipinski definition) is 1. The van der Waals surface area contributed by atoms with E-state index in [0.29, 0.717) is 6.42 Å². The number of hydrogen-bond acceptors (Lipinski definition) is 7. The first-order chi connectivity index (χ1) is 10.3. The van der Waals surface area contributed by atoms with Crippen LogP contribution in [0, 0.1) is 5.53 Å². The molecule has 126 valence electrons. The quantitative estimate of drug-likeness (QED) is 0.358. The highest BCUT2D eigenvalue weighted by Gasteiger charge is 2.44. The number of carbonyl (C=O) groups is 3. The predicted octanol–water partition coefficient (Wildman–Crippen LogP) is 2.81. The second-order valence-electron chi connectivity index (χ2n) is 5.39. The molecular weight excluding hydrogens is 288 g/mol. The second-order valence-corrected chi connectivity index (χ2v) is 5.39. The molecule has 2 atom stereocenters. The van der Waals surface area contributed by atoms with Crippen LogP contribution in [-0.2, 0) is 23.9 Å². The van der Waals surface area contributed by atoms with Gasteiger partial charge in [0.15, 0.2) is 17.4 Å². The zero-order valence-corrected chi connectivity index (χ0v) is 13.8. The molecule has 0 aromatic heterocycles. The van der Waals surface area contributed by atoms with E-state index < -0.39 is 23.6 Å². The molecule has 1 N–H and O–H groups in total. The van der Waals surface area contributed by atoms with E-state index in [0.717, 1.165) is 19.3 Å². The first-order valence-corrected chi connectivity index (χ1v) is 7.50. The van der Waals surface area contributed by atoms with E-state index >= 15 is 0 Å². The molecule has 0 aliphatic heterocycles. The van der Waals surface area contributed by atoms with Gasteiger partial charge in [0, 0.05) is 20.3 Å². The van der Waals surface area contributed by atoms with Gasteiger partial charge in [-0.1, -0.05) is 26.2 Å². The Bertz CT molecular complexity index is 411. The Balaban J connectivity index is 4.95. The van der Waals surface area contributed by atoms with Crippen molar-refractivity contribution in [3.8, 4) is 0 Å². The molecule has 22 heavy (non-hydrogen) atoms.